The Morgan fingerprint density at radius 1 is 1.31 bits per heavy atom. The van der Waals surface area contributed by atoms with Gasteiger partial charge < -0.3 is 5.73 Å². The van der Waals surface area contributed by atoms with Gasteiger partial charge in [0, 0.05) is 12.0 Å². The minimum absolute atomic E-state index is 0.269. The Kier molecular flexibility index (Phi) is 2.96. The van der Waals surface area contributed by atoms with Crippen LogP contribution in [-0.2, 0) is 11.8 Å². The summed E-state index contributed by atoms with van der Waals surface area (Å²) in [7, 11) is 0. The third-order valence-corrected chi connectivity index (χ3v) is 2.77. The van der Waals surface area contributed by atoms with Gasteiger partial charge in [-0.2, -0.15) is 5.21 Å². The minimum atomic E-state index is -0.269. The summed E-state index contributed by atoms with van der Waals surface area (Å²) in [5.74, 6) is 0.666. The van der Waals surface area contributed by atoms with E-state index in [1.165, 1.54) is 5.56 Å². The Morgan fingerprint density at radius 3 is 2.62 bits per heavy atom. The highest BCUT2D eigenvalue weighted by molar-refractivity contribution is 5.20. The summed E-state index contributed by atoms with van der Waals surface area (Å²) < 4.78 is 0. The SMILES string of the molecule is CC(CN)(Cc1ccccc1)c1nn[nH]n1. The molecule has 1 heterocycles. The highest BCUT2D eigenvalue weighted by atomic mass is 15.5. The topological polar surface area (TPSA) is 80.5 Å². The lowest BCUT2D eigenvalue weighted by atomic mass is 9.83. The van der Waals surface area contributed by atoms with Crippen molar-refractivity contribution in [2.24, 2.45) is 5.73 Å². The molecule has 1 atom stereocenters. The molecule has 0 radical (unpaired) electrons. The number of nitrogens with two attached hydrogens (primary N) is 1. The molecule has 1 aromatic heterocycles. The van der Waals surface area contributed by atoms with Gasteiger partial charge >= 0.3 is 0 Å². The standard InChI is InChI=1S/C11H15N5/c1-11(8-12,10-13-15-16-14-10)7-9-5-3-2-4-6-9/h2-6H,7-8,12H2,1H3,(H,13,14,15,16). The molecule has 0 aliphatic heterocycles. The number of benzene rings is 1. The lowest BCUT2D eigenvalue weighted by Gasteiger charge is -2.23. The Bertz CT molecular complexity index is 425. The molecule has 0 spiro atoms. The van der Waals surface area contributed by atoms with Gasteiger partial charge in [-0.05, 0) is 12.0 Å². The molecular weight excluding hydrogens is 202 g/mol. The molecule has 1 unspecified atom stereocenters. The summed E-state index contributed by atoms with van der Waals surface area (Å²) in [6.45, 7) is 2.53. The fourth-order valence-corrected chi connectivity index (χ4v) is 1.71. The zero-order chi connectivity index (χ0) is 11.4. The maximum Gasteiger partial charge on any atom is 0.181 e. The van der Waals surface area contributed by atoms with Crippen molar-refractivity contribution < 1.29 is 0 Å². The third-order valence-electron chi connectivity index (χ3n) is 2.77. The third kappa shape index (κ3) is 2.09. The van der Waals surface area contributed by atoms with E-state index in [2.05, 4.69) is 32.8 Å². The zero-order valence-electron chi connectivity index (χ0n) is 9.22. The van der Waals surface area contributed by atoms with Gasteiger partial charge in [0.2, 0.25) is 0 Å². The van der Waals surface area contributed by atoms with Crippen molar-refractivity contribution in [1.29, 1.82) is 0 Å². The smallest absolute Gasteiger partial charge is 0.181 e. The van der Waals surface area contributed by atoms with Crippen LogP contribution in [-0.4, -0.2) is 27.2 Å². The molecule has 0 saturated carbocycles. The van der Waals surface area contributed by atoms with E-state index >= 15 is 0 Å². The van der Waals surface area contributed by atoms with Crippen LogP contribution in [0.4, 0.5) is 0 Å². The molecule has 1 aromatic carbocycles. The number of aromatic amines is 1. The predicted molar refractivity (Wildman–Crippen MR) is 60.7 cm³/mol. The molecule has 0 amide bonds. The second kappa shape index (κ2) is 4.40. The number of hydrogen-bond donors (Lipinski definition) is 2. The highest BCUT2D eigenvalue weighted by Crippen LogP contribution is 2.23. The second-order valence-electron chi connectivity index (χ2n) is 4.16. The van der Waals surface area contributed by atoms with Crippen molar-refractivity contribution in [2.45, 2.75) is 18.8 Å². The average Bonchev–Trinajstić information content (AvgIpc) is 2.84. The van der Waals surface area contributed by atoms with Crippen LogP contribution in [0.2, 0.25) is 0 Å². The first kappa shape index (κ1) is 10.8. The number of aromatic nitrogens is 4. The molecule has 2 rings (SSSR count). The molecule has 2 aromatic rings. The molecule has 0 fully saturated rings. The first-order valence-corrected chi connectivity index (χ1v) is 5.22. The number of H-pyrrole nitrogens is 1. The van der Waals surface area contributed by atoms with Gasteiger partial charge in [0.25, 0.3) is 0 Å². The summed E-state index contributed by atoms with van der Waals surface area (Å²) in [4.78, 5) is 0. The molecule has 5 heteroatoms. The second-order valence-corrected chi connectivity index (χ2v) is 4.16. The Labute approximate surface area is 94.1 Å². The van der Waals surface area contributed by atoms with Crippen molar-refractivity contribution in [1.82, 2.24) is 20.6 Å². The Morgan fingerprint density at radius 2 is 2.06 bits per heavy atom. The van der Waals surface area contributed by atoms with Crippen LogP contribution in [0.25, 0.3) is 0 Å². The number of rotatable bonds is 4. The number of nitrogens with zero attached hydrogens (tertiary/aromatic N) is 3. The van der Waals surface area contributed by atoms with Crippen LogP contribution < -0.4 is 5.73 Å². The van der Waals surface area contributed by atoms with Gasteiger partial charge in [0.05, 0.1) is 0 Å². The number of nitrogens with one attached hydrogen (secondary N) is 1. The van der Waals surface area contributed by atoms with Crippen LogP contribution >= 0.6 is 0 Å². The quantitative estimate of drug-likeness (QED) is 0.788. The van der Waals surface area contributed by atoms with Crippen LogP contribution in [0.3, 0.4) is 0 Å². The summed E-state index contributed by atoms with van der Waals surface area (Å²) in [6, 6.07) is 10.2. The van der Waals surface area contributed by atoms with Crippen molar-refractivity contribution in [2.75, 3.05) is 6.54 Å². The van der Waals surface area contributed by atoms with Gasteiger partial charge in [-0.1, -0.05) is 42.5 Å². The summed E-state index contributed by atoms with van der Waals surface area (Å²) >= 11 is 0. The molecule has 0 aliphatic rings. The lowest BCUT2D eigenvalue weighted by Crippen LogP contribution is -2.35. The van der Waals surface area contributed by atoms with E-state index in [0.29, 0.717) is 12.4 Å². The van der Waals surface area contributed by atoms with Gasteiger partial charge in [-0.3, -0.25) is 0 Å². The Hall–Kier alpha value is -1.75. The normalized spacial score (nSPS) is 14.6. The summed E-state index contributed by atoms with van der Waals surface area (Å²) in [6.07, 6.45) is 0.809. The van der Waals surface area contributed by atoms with E-state index in [4.69, 9.17) is 5.73 Å². The first-order chi connectivity index (χ1) is 7.74. The lowest BCUT2D eigenvalue weighted by molar-refractivity contribution is 0.451. The van der Waals surface area contributed by atoms with E-state index in [9.17, 15) is 0 Å². The van der Waals surface area contributed by atoms with Gasteiger partial charge in [0.1, 0.15) is 0 Å². The van der Waals surface area contributed by atoms with Crippen molar-refractivity contribution in [3.8, 4) is 0 Å². The zero-order valence-corrected chi connectivity index (χ0v) is 9.22. The van der Waals surface area contributed by atoms with Crippen LogP contribution in [0, 0.1) is 0 Å². The van der Waals surface area contributed by atoms with Gasteiger partial charge in [0.15, 0.2) is 5.82 Å². The molecule has 0 aliphatic carbocycles. The monoisotopic (exact) mass is 217 g/mol. The molecule has 5 nitrogen and oxygen atoms in total. The summed E-state index contributed by atoms with van der Waals surface area (Å²) in [5, 5.41) is 14.1. The van der Waals surface area contributed by atoms with Crippen LogP contribution in [0.1, 0.15) is 18.3 Å². The van der Waals surface area contributed by atoms with Crippen molar-refractivity contribution in [3.05, 3.63) is 41.7 Å². The van der Waals surface area contributed by atoms with Crippen LogP contribution in [0.5, 0.6) is 0 Å². The van der Waals surface area contributed by atoms with E-state index < -0.39 is 0 Å². The molecular formula is C11H15N5. The van der Waals surface area contributed by atoms with E-state index in [1.54, 1.807) is 0 Å². The van der Waals surface area contributed by atoms with Crippen molar-refractivity contribution in [3.63, 3.8) is 0 Å². The molecule has 0 bridgehead atoms. The fraction of sp³-hybridized carbons (Fsp3) is 0.364. The molecule has 0 saturated heterocycles. The fourth-order valence-electron chi connectivity index (χ4n) is 1.71. The Balaban J connectivity index is 2.23. The van der Waals surface area contributed by atoms with Gasteiger partial charge in [-0.15, -0.1) is 10.2 Å². The maximum atomic E-state index is 5.82. The number of tetrazole rings is 1. The minimum Gasteiger partial charge on any atom is -0.329 e. The molecule has 16 heavy (non-hydrogen) atoms. The molecule has 3 N–H and O–H groups in total. The van der Waals surface area contributed by atoms with Crippen molar-refractivity contribution >= 4 is 0 Å². The maximum absolute atomic E-state index is 5.82. The van der Waals surface area contributed by atoms with Gasteiger partial charge in [-0.25, -0.2) is 0 Å². The molecule has 84 valence electrons. The van der Waals surface area contributed by atoms with Crippen LogP contribution in [0.15, 0.2) is 30.3 Å². The van der Waals surface area contributed by atoms with E-state index in [1.807, 2.05) is 25.1 Å². The average molecular weight is 217 g/mol. The van der Waals surface area contributed by atoms with E-state index in [-0.39, 0.29) is 5.41 Å². The number of hydrogen-bond acceptors (Lipinski definition) is 4. The predicted octanol–water partition coefficient (Wildman–Crippen LogP) is 0.659. The highest BCUT2D eigenvalue weighted by Gasteiger charge is 2.29. The first-order valence-electron chi connectivity index (χ1n) is 5.22. The largest absolute Gasteiger partial charge is 0.329 e. The summed E-state index contributed by atoms with van der Waals surface area (Å²) in [5.41, 5.74) is 6.78. The van der Waals surface area contributed by atoms with E-state index in [0.717, 1.165) is 6.42 Å².